The fraction of sp³-hybridized carbons (Fsp3) is 0.211. The van der Waals surface area contributed by atoms with Gasteiger partial charge in [0.1, 0.15) is 0 Å². The van der Waals surface area contributed by atoms with E-state index >= 15 is 0 Å². The zero-order chi connectivity index (χ0) is 17.1. The molecule has 0 radical (unpaired) electrons. The molecule has 0 aliphatic heterocycles. The molecule has 0 saturated carbocycles. The fourth-order valence-electron chi connectivity index (χ4n) is 2.67. The van der Waals surface area contributed by atoms with Gasteiger partial charge >= 0.3 is 0 Å². The molecule has 1 N–H and O–H groups in total. The maximum Gasteiger partial charge on any atom is 0.252 e. The van der Waals surface area contributed by atoms with Gasteiger partial charge in [-0.25, -0.2) is 0 Å². The third-order valence-electron chi connectivity index (χ3n) is 3.99. The van der Waals surface area contributed by atoms with Crippen molar-refractivity contribution in [2.75, 3.05) is 6.54 Å². The quantitative estimate of drug-likeness (QED) is 0.732. The van der Waals surface area contributed by atoms with Crippen molar-refractivity contribution in [3.63, 3.8) is 0 Å². The molecule has 3 rings (SSSR count). The molecule has 122 valence electrons. The number of aromatic nitrogens is 2. The van der Waals surface area contributed by atoms with Gasteiger partial charge in [-0.15, -0.1) is 0 Å². The lowest BCUT2D eigenvalue weighted by atomic mass is 10.0. The highest BCUT2D eigenvalue weighted by Gasteiger charge is 2.14. The summed E-state index contributed by atoms with van der Waals surface area (Å²) in [6, 6.07) is 11.6. The molecule has 1 amide bonds. The standard InChI is InChI=1S/C19H18BrN3O/c1-12(14-5-7-21-8-6-14)11-22-19(24)17-9-13(2)23-18-4-3-15(20)10-16(17)18/h3-10,12H,11H2,1-2H3,(H,22,24). The number of pyridine rings is 2. The first-order chi connectivity index (χ1) is 11.5. The molecular weight excluding hydrogens is 366 g/mol. The van der Waals surface area contributed by atoms with E-state index in [0.717, 1.165) is 26.6 Å². The average molecular weight is 384 g/mol. The Hall–Kier alpha value is -2.27. The first-order valence-corrected chi connectivity index (χ1v) is 8.59. The van der Waals surface area contributed by atoms with Crippen LogP contribution in [0.1, 0.15) is 34.5 Å². The molecule has 4 nitrogen and oxygen atoms in total. The van der Waals surface area contributed by atoms with Crippen molar-refractivity contribution in [2.45, 2.75) is 19.8 Å². The summed E-state index contributed by atoms with van der Waals surface area (Å²) in [7, 11) is 0. The molecule has 3 aromatic rings. The number of carbonyl (C=O) groups is 1. The number of nitrogens with one attached hydrogen (secondary N) is 1. The Kier molecular flexibility index (Phi) is 4.90. The second-order valence-electron chi connectivity index (χ2n) is 5.86. The van der Waals surface area contributed by atoms with Crippen LogP contribution < -0.4 is 5.32 Å². The van der Waals surface area contributed by atoms with Crippen molar-refractivity contribution < 1.29 is 4.79 Å². The van der Waals surface area contributed by atoms with Crippen molar-refractivity contribution in [1.82, 2.24) is 15.3 Å². The fourth-order valence-corrected chi connectivity index (χ4v) is 3.03. The minimum atomic E-state index is -0.0792. The monoisotopic (exact) mass is 383 g/mol. The summed E-state index contributed by atoms with van der Waals surface area (Å²) in [5.74, 6) is 0.141. The third kappa shape index (κ3) is 3.62. The Bertz CT molecular complexity index is 880. The maximum atomic E-state index is 12.7. The smallest absolute Gasteiger partial charge is 0.252 e. The topological polar surface area (TPSA) is 54.9 Å². The predicted octanol–water partition coefficient (Wildman–Crippen LogP) is 4.23. The first-order valence-electron chi connectivity index (χ1n) is 7.79. The highest BCUT2D eigenvalue weighted by atomic mass is 79.9. The van der Waals surface area contributed by atoms with Crippen LogP contribution >= 0.6 is 15.9 Å². The molecule has 2 heterocycles. The molecule has 5 heteroatoms. The van der Waals surface area contributed by atoms with Gasteiger partial charge in [0, 0.05) is 34.5 Å². The van der Waals surface area contributed by atoms with E-state index in [4.69, 9.17) is 0 Å². The maximum absolute atomic E-state index is 12.7. The lowest BCUT2D eigenvalue weighted by Gasteiger charge is -2.14. The van der Waals surface area contributed by atoms with Crippen LogP contribution in [0, 0.1) is 6.92 Å². The Labute approximate surface area is 149 Å². The second-order valence-corrected chi connectivity index (χ2v) is 6.78. The van der Waals surface area contributed by atoms with Crippen molar-refractivity contribution in [3.8, 4) is 0 Å². The van der Waals surface area contributed by atoms with E-state index in [1.807, 2.05) is 43.3 Å². The van der Waals surface area contributed by atoms with E-state index < -0.39 is 0 Å². The number of nitrogens with zero attached hydrogens (tertiary/aromatic N) is 2. The zero-order valence-electron chi connectivity index (χ0n) is 13.6. The minimum absolute atomic E-state index is 0.0792. The van der Waals surface area contributed by atoms with Crippen molar-refractivity contribution in [3.05, 3.63) is 70.1 Å². The van der Waals surface area contributed by atoms with Crippen LogP contribution in [-0.4, -0.2) is 22.4 Å². The average Bonchev–Trinajstić information content (AvgIpc) is 2.59. The number of fused-ring (bicyclic) bond motifs is 1. The number of aryl methyl sites for hydroxylation is 1. The van der Waals surface area contributed by atoms with E-state index in [2.05, 4.69) is 38.1 Å². The lowest BCUT2D eigenvalue weighted by Crippen LogP contribution is -2.27. The summed E-state index contributed by atoms with van der Waals surface area (Å²) in [5, 5.41) is 3.88. The molecule has 1 atom stereocenters. The SMILES string of the molecule is Cc1cc(C(=O)NCC(C)c2ccncc2)c2cc(Br)ccc2n1. The van der Waals surface area contributed by atoms with Gasteiger partial charge in [0.05, 0.1) is 11.1 Å². The number of halogens is 1. The summed E-state index contributed by atoms with van der Waals surface area (Å²) in [4.78, 5) is 21.2. The van der Waals surface area contributed by atoms with E-state index in [0.29, 0.717) is 12.1 Å². The third-order valence-corrected chi connectivity index (χ3v) is 4.48. The van der Waals surface area contributed by atoms with E-state index in [1.54, 1.807) is 12.4 Å². The van der Waals surface area contributed by atoms with E-state index in [9.17, 15) is 4.79 Å². The van der Waals surface area contributed by atoms with Gasteiger partial charge in [-0.3, -0.25) is 14.8 Å². The minimum Gasteiger partial charge on any atom is -0.351 e. The summed E-state index contributed by atoms with van der Waals surface area (Å²) >= 11 is 3.46. The summed E-state index contributed by atoms with van der Waals surface area (Å²) < 4.78 is 0.930. The number of amides is 1. The van der Waals surface area contributed by atoms with Gasteiger partial charge in [-0.05, 0) is 54.8 Å². The van der Waals surface area contributed by atoms with Crippen LogP contribution in [0.3, 0.4) is 0 Å². The largest absolute Gasteiger partial charge is 0.351 e. The van der Waals surface area contributed by atoms with Gasteiger partial charge in [-0.2, -0.15) is 0 Å². The van der Waals surface area contributed by atoms with E-state index in [-0.39, 0.29) is 11.8 Å². The van der Waals surface area contributed by atoms with Gasteiger partial charge < -0.3 is 5.32 Å². The van der Waals surface area contributed by atoms with Crippen molar-refractivity contribution >= 4 is 32.7 Å². The number of carbonyl (C=O) groups excluding carboxylic acids is 1. The molecular formula is C19H18BrN3O. The zero-order valence-corrected chi connectivity index (χ0v) is 15.2. The number of hydrogen-bond donors (Lipinski definition) is 1. The van der Waals surface area contributed by atoms with Gasteiger partial charge in [0.2, 0.25) is 0 Å². The van der Waals surface area contributed by atoms with Gasteiger partial charge in [-0.1, -0.05) is 22.9 Å². The van der Waals surface area contributed by atoms with Crippen LogP contribution in [0.15, 0.2) is 53.3 Å². The van der Waals surface area contributed by atoms with Crippen LogP contribution in [0.2, 0.25) is 0 Å². The van der Waals surface area contributed by atoms with Crippen LogP contribution in [0.5, 0.6) is 0 Å². The molecule has 0 bridgehead atoms. The Morgan fingerprint density at radius 2 is 1.96 bits per heavy atom. The highest BCUT2D eigenvalue weighted by Crippen LogP contribution is 2.23. The predicted molar refractivity (Wildman–Crippen MR) is 99.2 cm³/mol. The number of hydrogen-bond acceptors (Lipinski definition) is 3. The lowest BCUT2D eigenvalue weighted by molar-refractivity contribution is 0.0953. The summed E-state index contributed by atoms with van der Waals surface area (Å²) in [6.07, 6.45) is 3.54. The first kappa shape index (κ1) is 16.6. The molecule has 1 unspecified atom stereocenters. The highest BCUT2D eigenvalue weighted by molar-refractivity contribution is 9.10. The molecule has 24 heavy (non-hydrogen) atoms. The Morgan fingerprint density at radius 3 is 2.71 bits per heavy atom. The van der Waals surface area contributed by atoms with Crippen LogP contribution in [0.25, 0.3) is 10.9 Å². The van der Waals surface area contributed by atoms with Crippen LogP contribution in [0.4, 0.5) is 0 Å². The van der Waals surface area contributed by atoms with Crippen molar-refractivity contribution in [2.24, 2.45) is 0 Å². The molecule has 0 spiro atoms. The molecule has 0 saturated heterocycles. The van der Waals surface area contributed by atoms with E-state index in [1.165, 1.54) is 0 Å². The number of rotatable bonds is 4. The molecule has 2 aromatic heterocycles. The van der Waals surface area contributed by atoms with Gasteiger partial charge in [0.25, 0.3) is 5.91 Å². The molecule has 0 fully saturated rings. The summed E-state index contributed by atoms with van der Waals surface area (Å²) in [5.41, 5.74) is 3.47. The normalized spacial score (nSPS) is 12.1. The molecule has 0 aliphatic carbocycles. The molecule has 0 aliphatic rings. The summed E-state index contributed by atoms with van der Waals surface area (Å²) in [6.45, 7) is 4.56. The molecule has 1 aromatic carbocycles. The Morgan fingerprint density at radius 1 is 1.21 bits per heavy atom. The Balaban J connectivity index is 1.82. The van der Waals surface area contributed by atoms with Crippen LogP contribution in [-0.2, 0) is 0 Å². The van der Waals surface area contributed by atoms with Gasteiger partial charge in [0.15, 0.2) is 0 Å². The second kappa shape index (κ2) is 7.09. The number of benzene rings is 1. The van der Waals surface area contributed by atoms with Crippen molar-refractivity contribution in [1.29, 1.82) is 0 Å².